The number of carbonyl (C=O) groups excluding carboxylic acids is 1. The van der Waals surface area contributed by atoms with Crippen LogP contribution in [0.3, 0.4) is 0 Å². The fourth-order valence-electron chi connectivity index (χ4n) is 2.53. The lowest BCUT2D eigenvalue weighted by Crippen LogP contribution is -2.14. The van der Waals surface area contributed by atoms with Gasteiger partial charge in [-0.15, -0.1) is 11.3 Å². The number of rotatable bonds is 5. The second-order valence-electron chi connectivity index (χ2n) is 5.33. The van der Waals surface area contributed by atoms with Crippen LogP contribution in [-0.4, -0.2) is 17.9 Å². The number of nitrogens with one attached hydrogen (secondary N) is 1. The van der Waals surface area contributed by atoms with Crippen LogP contribution in [0.25, 0.3) is 10.1 Å². The van der Waals surface area contributed by atoms with Gasteiger partial charge in [-0.3, -0.25) is 14.9 Å². The summed E-state index contributed by atoms with van der Waals surface area (Å²) in [5.74, 6) is -2.01. The van der Waals surface area contributed by atoms with E-state index in [-0.39, 0.29) is 28.2 Å². The van der Waals surface area contributed by atoms with Gasteiger partial charge in [-0.1, -0.05) is 6.07 Å². The van der Waals surface area contributed by atoms with E-state index in [1.54, 1.807) is 6.07 Å². The summed E-state index contributed by atoms with van der Waals surface area (Å²) in [7, 11) is 1.41. The van der Waals surface area contributed by atoms with E-state index in [1.807, 2.05) is 0 Å². The van der Waals surface area contributed by atoms with Crippen LogP contribution in [0.5, 0.6) is 0 Å². The number of nitro groups is 1. The molecule has 134 valence electrons. The van der Waals surface area contributed by atoms with Crippen molar-refractivity contribution in [2.45, 2.75) is 6.61 Å². The third kappa shape index (κ3) is 3.26. The average Bonchev–Trinajstić information content (AvgIpc) is 2.97. The number of halogens is 2. The largest absolute Gasteiger partial charge is 0.380 e. The number of carbonyl (C=O) groups is 1. The Morgan fingerprint density at radius 2 is 2.04 bits per heavy atom. The summed E-state index contributed by atoms with van der Waals surface area (Å²) in [6.45, 7) is -0.0128. The van der Waals surface area contributed by atoms with Crippen molar-refractivity contribution in [1.82, 2.24) is 0 Å². The van der Waals surface area contributed by atoms with Crippen molar-refractivity contribution in [2.75, 3.05) is 12.4 Å². The summed E-state index contributed by atoms with van der Waals surface area (Å²) < 4.78 is 33.7. The molecule has 0 spiro atoms. The molecule has 0 aliphatic heterocycles. The maximum atomic E-state index is 14.2. The molecule has 2 aromatic carbocycles. The molecular formula is C17H12F2N2O4S. The number of hydrogen-bond donors (Lipinski definition) is 1. The van der Waals surface area contributed by atoms with Gasteiger partial charge in [-0.05, 0) is 18.2 Å². The number of anilines is 1. The Kier molecular flexibility index (Phi) is 4.92. The van der Waals surface area contributed by atoms with Gasteiger partial charge in [0.15, 0.2) is 0 Å². The van der Waals surface area contributed by atoms with Gasteiger partial charge < -0.3 is 10.1 Å². The SMILES string of the molecule is COCc1c(C(=O)Nc2cc([N+](=O)[O-])ccc2F)sc2cccc(F)c12. The van der Waals surface area contributed by atoms with Crippen molar-refractivity contribution >= 4 is 38.7 Å². The van der Waals surface area contributed by atoms with Crippen molar-refractivity contribution in [1.29, 1.82) is 0 Å². The molecule has 0 bridgehead atoms. The summed E-state index contributed by atoms with van der Waals surface area (Å²) >= 11 is 1.03. The number of amides is 1. The number of non-ortho nitro benzene ring substituents is 1. The lowest BCUT2D eigenvalue weighted by atomic mass is 10.1. The van der Waals surface area contributed by atoms with E-state index in [0.29, 0.717) is 10.3 Å². The number of methoxy groups -OCH3 is 1. The molecule has 1 N–H and O–H groups in total. The van der Waals surface area contributed by atoms with Gasteiger partial charge in [0.1, 0.15) is 11.6 Å². The van der Waals surface area contributed by atoms with Gasteiger partial charge >= 0.3 is 0 Å². The minimum atomic E-state index is -0.815. The molecule has 0 fully saturated rings. The van der Waals surface area contributed by atoms with Crippen molar-refractivity contribution in [3.63, 3.8) is 0 Å². The van der Waals surface area contributed by atoms with Crippen LogP contribution < -0.4 is 5.32 Å². The van der Waals surface area contributed by atoms with Crippen molar-refractivity contribution < 1.29 is 23.2 Å². The first-order valence-electron chi connectivity index (χ1n) is 7.36. The van der Waals surface area contributed by atoms with Crippen LogP contribution in [-0.2, 0) is 11.3 Å². The molecule has 9 heteroatoms. The summed E-state index contributed by atoms with van der Waals surface area (Å²) in [5, 5.41) is 13.4. The Hall–Kier alpha value is -2.91. The third-order valence-corrected chi connectivity index (χ3v) is 4.86. The summed E-state index contributed by atoms with van der Waals surface area (Å²) in [6, 6.07) is 7.28. The predicted octanol–water partition coefficient (Wildman–Crippen LogP) is 4.49. The zero-order valence-corrected chi connectivity index (χ0v) is 14.2. The second-order valence-corrected chi connectivity index (χ2v) is 6.38. The van der Waals surface area contributed by atoms with Gasteiger partial charge in [0.05, 0.1) is 22.1 Å². The number of fused-ring (bicyclic) bond motifs is 1. The molecule has 1 heterocycles. The normalized spacial score (nSPS) is 10.9. The highest BCUT2D eigenvalue weighted by molar-refractivity contribution is 7.21. The van der Waals surface area contributed by atoms with E-state index >= 15 is 0 Å². The number of benzene rings is 2. The van der Waals surface area contributed by atoms with Crippen molar-refractivity contribution in [2.24, 2.45) is 0 Å². The first-order valence-corrected chi connectivity index (χ1v) is 8.18. The monoisotopic (exact) mass is 378 g/mol. The number of nitrogens with zero attached hydrogens (tertiary/aromatic N) is 1. The molecular weight excluding hydrogens is 366 g/mol. The summed E-state index contributed by atoms with van der Waals surface area (Å²) in [4.78, 5) is 22.9. The molecule has 1 aromatic heterocycles. The average molecular weight is 378 g/mol. The van der Waals surface area contributed by atoms with Gasteiger partial charge in [0.2, 0.25) is 0 Å². The van der Waals surface area contributed by atoms with Crippen LogP contribution in [0.2, 0.25) is 0 Å². The molecule has 6 nitrogen and oxygen atoms in total. The van der Waals surface area contributed by atoms with E-state index in [4.69, 9.17) is 4.74 Å². The van der Waals surface area contributed by atoms with Crippen LogP contribution >= 0.6 is 11.3 Å². The molecule has 0 atom stereocenters. The van der Waals surface area contributed by atoms with Crippen molar-refractivity contribution in [3.8, 4) is 0 Å². The lowest BCUT2D eigenvalue weighted by Gasteiger charge is -2.07. The number of nitro benzene ring substituents is 1. The number of ether oxygens (including phenoxy) is 1. The van der Waals surface area contributed by atoms with E-state index in [2.05, 4.69) is 5.32 Å². The molecule has 0 saturated carbocycles. The maximum Gasteiger partial charge on any atom is 0.271 e. The first-order chi connectivity index (χ1) is 12.4. The Morgan fingerprint density at radius 1 is 1.27 bits per heavy atom. The van der Waals surface area contributed by atoms with E-state index in [1.165, 1.54) is 19.2 Å². The maximum absolute atomic E-state index is 14.2. The molecule has 0 aliphatic carbocycles. The molecule has 0 aliphatic rings. The second kappa shape index (κ2) is 7.14. The minimum Gasteiger partial charge on any atom is -0.380 e. The Morgan fingerprint density at radius 3 is 2.73 bits per heavy atom. The van der Waals surface area contributed by atoms with E-state index in [9.17, 15) is 23.7 Å². The Labute approximate surface area is 150 Å². The van der Waals surface area contributed by atoms with Crippen LogP contribution in [0.15, 0.2) is 36.4 Å². The Bertz CT molecular complexity index is 1020. The highest BCUT2D eigenvalue weighted by Crippen LogP contribution is 2.34. The molecule has 3 rings (SSSR count). The van der Waals surface area contributed by atoms with E-state index < -0.39 is 22.5 Å². The Balaban J connectivity index is 2.03. The van der Waals surface area contributed by atoms with Gasteiger partial charge in [-0.2, -0.15) is 0 Å². The van der Waals surface area contributed by atoms with Gasteiger partial charge in [0.25, 0.3) is 11.6 Å². The van der Waals surface area contributed by atoms with E-state index in [0.717, 1.165) is 29.5 Å². The topological polar surface area (TPSA) is 81.5 Å². The molecule has 26 heavy (non-hydrogen) atoms. The summed E-state index contributed by atoms with van der Waals surface area (Å²) in [6.07, 6.45) is 0. The molecule has 0 radical (unpaired) electrons. The zero-order chi connectivity index (χ0) is 18.8. The van der Waals surface area contributed by atoms with Crippen LogP contribution in [0, 0.1) is 21.7 Å². The first kappa shape index (κ1) is 17.9. The third-order valence-electron chi connectivity index (χ3n) is 3.67. The number of thiophene rings is 1. The molecule has 1 amide bonds. The van der Waals surface area contributed by atoms with Crippen LogP contribution in [0.1, 0.15) is 15.2 Å². The van der Waals surface area contributed by atoms with Gasteiger partial charge in [0, 0.05) is 34.9 Å². The molecule has 0 saturated heterocycles. The lowest BCUT2D eigenvalue weighted by molar-refractivity contribution is -0.384. The fourth-order valence-corrected chi connectivity index (χ4v) is 3.65. The minimum absolute atomic E-state index is 0.0128. The standard InChI is InChI=1S/C17H12F2N2O4S/c1-25-8-10-15-12(19)3-2-4-14(15)26-16(10)17(22)20-13-7-9(21(23)24)5-6-11(13)18/h2-7H,8H2,1H3,(H,20,22). The quantitative estimate of drug-likeness (QED) is 0.524. The predicted molar refractivity (Wildman–Crippen MR) is 93.5 cm³/mol. The van der Waals surface area contributed by atoms with Crippen molar-refractivity contribution in [3.05, 3.63) is 68.6 Å². The zero-order valence-electron chi connectivity index (χ0n) is 13.4. The highest BCUT2D eigenvalue weighted by atomic mass is 32.1. The highest BCUT2D eigenvalue weighted by Gasteiger charge is 2.22. The summed E-state index contributed by atoms with van der Waals surface area (Å²) in [5.41, 5.74) is -0.347. The fraction of sp³-hybridized carbons (Fsp3) is 0.118. The molecule has 0 unspecified atom stereocenters. The van der Waals surface area contributed by atoms with Crippen LogP contribution in [0.4, 0.5) is 20.2 Å². The number of hydrogen-bond acceptors (Lipinski definition) is 5. The van der Waals surface area contributed by atoms with Gasteiger partial charge in [-0.25, -0.2) is 8.78 Å². The smallest absolute Gasteiger partial charge is 0.271 e. The molecule has 3 aromatic rings.